The zero-order valence-corrected chi connectivity index (χ0v) is 21.4. The SMILES string of the molecule is CCNC1CCC=C(c2ccc(F)cc2)C1COc1ccc(S(=O)(=O)Nc2nccs2)cc1C(F)(F)F. The van der Waals surface area contributed by atoms with E-state index in [2.05, 4.69) is 15.0 Å². The van der Waals surface area contributed by atoms with Crippen LogP contribution in [0.5, 0.6) is 5.75 Å². The van der Waals surface area contributed by atoms with Crippen LogP contribution in [-0.2, 0) is 16.2 Å². The van der Waals surface area contributed by atoms with Gasteiger partial charge in [0.1, 0.15) is 11.6 Å². The third kappa shape index (κ3) is 6.49. The number of benzene rings is 2. The van der Waals surface area contributed by atoms with E-state index in [0.717, 1.165) is 47.4 Å². The van der Waals surface area contributed by atoms with Crippen LogP contribution in [0.3, 0.4) is 0 Å². The first-order valence-electron chi connectivity index (χ1n) is 11.5. The largest absolute Gasteiger partial charge is 0.492 e. The second-order valence-electron chi connectivity index (χ2n) is 8.42. The summed E-state index contributed by atoms with van der Waals surface area (Å²) < 4.78 is 88.6. The zero-order chi connectivity index (χ0) is 26.6. The fourth-order valence-corrected chi connectivity index (χ4v) is 6.14. The number of halogens is 4. The summed E-state index contributed by atoms with van der Waals surface area (Å²) in [7, 11) is -4.29. The third-order valence-corrected chi connectivity index (χ3v) is 8.16. The lowest BCUT2D eigenvalue weighted by atomic mass is 9.80. The van der Waals surface area contributed by atoms with Crippen molar-refractivity contribution in [2.24, 2.45) is 5.92 Å². The Balaban J connectivity index is 1.62. The lowest BCUT2D eigenvalue weighted by molar-refractivity contribution is -0.139. The van der Waals surface area contributed by atoms with Crippen LogP contribution in [0, 0.1) is 11.7 Å². The Hall–Kier alpha value is -2.96. The molecule has 6 nitrogen and oxygen atoms in total. The van der Waals surface area contributed by atoms with Gasteiger partial charge in [-0.25, -0.2) is 17.8 Å². The van der Waals surface area contributed by atoms with Gasteiger partial charge < -0.3 is 10.1 Å². The molecule has 1 aliphatic carbocycles. The van der Waals surface area contributed by atoms with Crippen molar-refractivity contribution in [3.63, 3.8) is 0 Å². The van der Waals surface area contributed by atoms with Crippen LogP contribution in [0.25, 0.3) is 5.57 Å². The molecule has 198 valence electrons. The minimum absolute atomic E-state index is 0.0424. The molecule has 2 N–H and O–H groups in total. The summed E-state index contributed by atoms with van der Waals surface area (Å²) in [5.74, 6) is -1.17. The Morgan fingerprint density at radius 3 is 2.57 bits per heavy atom. The van der Waals surface area contributed by atoms with Gasteiger partial charge in [0.25, 0.3) is 10.0 Å². The van der Waals surface area contributed by atoms with Gasteiger partial charge in [-0.3, -0.25) is 4.72 Å². The highest BCUT2D eigenvalue weighted by Crippen LogP contribution is 2.39. The molecule has 1 heterocycles. The fraction of sp³-hybridized carbons (Fsp3) is 0.320. The van der Waals surface area contributed by atoms with Crippen LogP contribution in [0.2, 0.25) is 0 Å². The standard InChI is InChI=1S/C25H25F4N3O3S2/c1-2-30-22-5-3-4-19(16-6-8-17(26)9-7-16)20(22)15-35-23-11-10-18(14-21(23)25(27,28)29)37(33,34)32-24-31-12-13-36-24/h4,6-14,20,22,30H,2-3,5,15H2,1H3,(H,31,32). The highest BCUT2D eigenvalue weighted by Gasteiger charge is 2.37. The van der Waals surface area contributed by atoms with Crippen molar-refractivity contribution in [3.05, 3.63) is 77.1 Å². The summed E-state index contributed by atoms with van der Waals surface area (Å²) in [6.07, 6.45) is 0.0395. The van der Waals surface area contributed by atoms with Gasteiger partial charge in [-0.1, -0.05) is 25.1 Å². The number of alkyl halides is 3. The van der Waals surface area contributed by atoms with Gasteiger partial charge in [-0.2, -0.15) is 13.2 Å². The highest BCUT2D eigenvalue weighted by molar-refractivity contribution is 7.93. The summed E-state index contributed by atoms with van der Waals surface area (Å²) in [4.78, 5) is 3.25. The maximum Gasteiger partial charge on any atom is 0.420 e. The number of nitrogens with zero attached hydrogens (tertiary/aromatic N) is 1. The van der Waals surface area contributed by atoms with Crippen molar-refractivity contribution in [2.75, 3.05) is 17.9 Å². The van der Waals surface area contributed by atoms with Crippen LogP contribution in [0.15, 0.2) is 65.0 Å². The second kappa shape index (κ2) is 11.2. The molecule has 0 aliphatic heterocycles. The van der Waals surface area contributed by atoms with E-state index in [1.165, 1.54) is 23.7 Å². The minimum Gasteiger partial charge on any atom is -0.492 e. The average Bonchev–Trinajstić information content (AvgIpc) is 3.35. The number of ether oxygens (including phenoxy) is 1. The highest BCUT2D eigenvalue weighted by atomic mass is 32.2. The summed E-state index contributed by atoms with van der Waals surface area (Å²) in [6.45, 7) is 2.51. The molecule has 2 atom stereocenters. The number of hydrogen-bond acceptors (Lipinski definition) is 6. The van der Waals surface area contributed by atoms with E-state index in [1.54, 1.807) is 12.1 Å². The van der Waals surface area contributed by atoms with Gasteiger partial charge in [0.15, 0.2) is 5.13 Å². The van der Waals surface area contributed by atoms with Crippen LogP contribution in [0.1, 0.15) is 30.9 Å². The summed E-state index contributed by atoms with van der Waals surface area (Å²) in [6, 6.07) is 8.54. The molecule has 4 rings (SSSR count). The van der Waals surface area contributed by atoms with Crippen molar-refractivity contribution >= 4 is 32.1 Å². The second-order valence-corrected chi connectivity index (χ2v) is 11.0. The number of aromatic nitrogens is 1. The summed E-state index contributed by atoms with van der Waals surface area (Å²) in [5, 5.41) is 4.95. The van der Waals surface area contributed by atoms with Crippen LogP contribution < -0.4 is 14.8 Å². The minimum atomic E-state index is -4.86. The van der Waals surface area contributed by atoms with Gasteiger partial charge in [0.2, 0.25) is 0 Å². The topological polar surface area (TPSA) is 80.3 Å². The molecule has 2 aromatic carbocycles. The Labute approximate surface area is 216 Å². The number of sulfonamides is 1. The molecule has 1 aliphatic rings. The maximum absolute atomic E-state index is 14.0. The first-order chi connectivity index (χ1) is 17.6. The van der Waals surface area contributed by atoms with Gasteiger partial charge >= 0.3 is 6.18 Å². The molecule has 37 heavy (non-hydrogen) atoms. The zero-order valence-electron chi connectivity index (χ0n) is 19.8. The summed E-state index contributed by atoms with van der Waals surface area (Å²) >= 11 is 1.00. The first-order valence-corrected chi connectivity index (χ1v) is 13.9. The number of anilines is 1. The molecule has 1 aromatic heterocycles. The van der Waals surface area contributed by atoms with E-state index in [1.807, 2.05) is 13.0 Å². The molecule has 3 aromatic rings. The van der Waals surface area contributed by atoms with E-state index in [-0.39, 0.29) is 29.5 Å². The monoisotopic (exact) mass is 555 g/mol. The van der Waals surface area contributed by atoms with E-state index in [4.69, 9.17) is 4.74 Å². The van der Waals surface area contributed by atoms with E-state index in [0.29, 0.717) is 12.6 Å². The van der Waals surface area contributed by atoms with Crippen LogP contribution in [-0.4, -0.2) is 32.6 Å². The lowest BCUT2D eigenvalue weighted by Crippen LogP contribution is -2.41. The molecule has 2 unspecified atom stereocenters. The Morgan fingerprint density at radius 1 is 1.16 bits per heavy atom. The molecule has 0 bridgehead atoms. The number of allylic oxidation sites excluding steroid dienone is 1. The van der Waals surface area contributed by atoms with Gasteiger partial charge in [-0.05, 0) is 60.9 Å². The number of thiazole rings is 1. The first kappa shape index (κ1) is 27.1. The van der Waals surface area contributed by atoms with Gasteiger partial charge in [-0.15, -0.1) is 11.3 Å². The van der Waals surface area contributed by atoms with E-state index < -0.39 is 32.4 Å². The molecule has 0 spiro atoms. The molecule has 0 fully saturated rings. The van der Waals surface area contributed by atoms with Crippen molar-refractivity contribution in [3.8, 4) is 5.75 Å². The fourth-order valence-electron chi connectivity index (χ4n) is 4.33. The summed E-state index contributed by atoms with van der Waals surface area (Å²) in [5.41, 5.74) is 0.429. The number of hydrogen-bond donors (Lipinski definition) is 2. The molecule has 0 amide bonds. The average molecular weight is 556 g/mol. The molecular formula is C25H25F4N3O3S2. The predicted molar refractivity (Wildman–Crippen MR) is 134 cm³/mol. The molecule has 12 heteroatoms. The quantitative estimate of drug-likeness (QED) is 0.319. The normalized spacial score (nSPS) is 18.4. The molecule has 0 saturated carbocycles. The third-order valence-electron chi connectivity index (χ3n) is 6.01. The van der Waals surface area contributed by atoms with Crippen molar-refractivity contribution < 1.29 is 30.7 Å². The van der Waals surface area contributed by atoms with Crippen molar-refractivity contribution in [1.82, 2.24) is 10.3 Å². The Morgan fingerprint density at radius 2 is 1.92 bits per heavy atom. The number of rotatable bonds is 9. The molecular weight excluding hydrogens is 530 g/mol. The van der Waals surface area contributed by atoms with Crippen LogP contribution in [0.4, 0.5) is 22.7 Å². The smallest absolute Gasteiger partial charge is 0.420 e. The Kier molecular flexibility index (Phi) is 8.20. The van der Waals surface area contributed by atoms with E-state index >= 15 is 0 Å². The molecule has 0 radical (unpaired) electrons. The predicted octanol–water partition coefficient (Wildman–Crippen LogP) is 5.95. The molecule has 0 saturated heterocycles. The van der Waals surface area contributed by atoms with Crippen molar-refractivity contribution in [1.29, 1.82) is 0 Å². The Bertz CT molecular complexity index is 1340. The van der Waals surface area contributed by atoms with Crippen LogP contribution >= 0.6 is 11.3 Å². The van der Waals surface area contributed by atoms with E-state index in [9.17, 15) is 26.0 Å². The van der Waals surface area contributed by atoms with Crippen molar-refractivity contribution in [2.45, 2.75) is 36.9 Å². The number of nitrogens with one attached hydrogen (secondary N) is 2. The van der Waals surface area contributed by atoms with Gasteiger partial charge in [0, 0.05) is 23.5 Å². The van der Waals surface area contributed by atoms with Gasteiger partial charge in [0.05, 0.1) is 17.1 Å². The maximum atomic E-state index is 14.0. The lowest BCUT2D eigenvalue weighted by Gasteiger charge is -2.34.